The van der Waals surface area contributed by atoms with E-state index in [0.29, 0.717) is 0 Å². The van der Waals surface area contributed by atoms with Gasteiger partial charge >= 0.3 is 24.0 Å². The number of carbonyl (C=O) groups excluding carboxylic acids is 4. The Labute approximate surface area is 192 Å². The molecule has 12 nitrogen and oxygen atoms in total. The maximum Gasteiger partial charge on any atom is 0.434 e. The smallest absolute Gasteiger partial charge is 0.434 e. The van der Waals surface area contributed by atoms with Crippen LogP contribution in [0.2, 0.25) is 0 Å². The first-order valence-electron chi connectivity index (χ1n) is 10.5. The molecule has 2 rings (SSSR count). The number of fused-ring (bicyclic) bond motifs is 1. The summed E-state index contributed by atoms with van der Waals surface area (Å²) in [4.78, 5) is 53.7. The molecular formula is C21H33NO11. The Morgan fingerprint density at radius 1 is 0.909 bits per heavy atom. The molecule has 0 aromatic carbocycles. The fourth-order valence-corrected chi connectivity index (χ4v) is 3.65. The molecule has 188 valence electrons. The van der Waals surface area contributed by atoms with Crippen LogP contribution in [0.1, 0.15) is 55.4 Å². The van der Waals surface area contributed by atoms with Crippen molar-refractivity contribution in [3.8, 4) is 0 Å². The van der Waals surface area contributed by atoms with E-state index in [1.165, 1.54) is 20.8 Å². The van der Waals surface area contributed by atoms with Crippen LogP contribution in [-0.4, -0.2) is 84.1 Å². The highest BCUT2D eigenvalue weighted by molar-refractivity contribution is 5.69. The second-order valence-electron chi connectivity index (χ2n) is 9.35. The Balaban J connectivity index is 2.54. The number of amides is 1. The highest BCUT2D eigenvalue weighted by atomic mass is 16.8. The second-order valence-corrected chi connectivity index (χ2v) is 9.35. The van der Waals surface area contributed by atoms with Crippen molar-refractivity contribution in [3.05, 3.63) is 0 Å². The van der Waals surface area contributed by atoms with E-state index < -0.39 is 59.2 Å². The van der Waals surface area contributed by atoms with Crippen molar-refractivity contribution in [1.29, 1.82) is 0 Å². The van der Waals surface area contributed by atoms with Crippen molar-refractivity contribution in [2.45, 2.75) is 90.6 Å². The molecule has 0 aliphatic carbocycles. The molecule has 2 aliphatic rings. The largest absolute Gasteiger partial charge is 0.463 e. The van der Waals surface area contributed by atoms with Crippen LogP contribution in [0.15, 0.2) is 0 Å². The van der Waals surface area contributed by atoms with Gasteiger partial charge in [-0.05, 0) is 34.6 Å². The third-order valence-corrected chi connectivity index (χ3v) is 4.73. The first-order valence-corrected chi connectivity index (χ1v) is 10.5. The Bertz CT molecular complexity index is 775. The van der Waals surface area contributed by atoms with Gasteiger partial charge in [0, 0.05) is 20.8 Å². The van der Waals surface area contributed by atoms with Gasteiger partial charge in [0.1, 0.15) is 37.6 Å². The number of rotatable bonds is 6. The number of hydrogen-bond acceptors (Lipinski definition) is 11. The van der Waals surface area contributed by atoms with E-state index in [9.17, 15) is 19.2 Å². The summed E-state index contributed by atoms with van der Waals surface area (Å²) in [5, 5.41) is 0.893. The van der Waals surface area contributed by atoms with Gasteiger partial charge in [-0.2, -0.15) is 5.06 Å². The van der Waals surface area contributed by atoms with Gasteiger partial charge in [-0.3, -0.25) is 19.2 Å². The van der Waals surface area contributed by atoms with Crippen LogP contribution < -0.4 is 0 Å². The molecule has 0 radical (unpaired) electrons. The fraction of sp³-hybridized carbons (Fsp3) is 0.810. The van der Waals surface area contributed by atoms with Gasteiger partial charge in [-0.1, -0.05) is 0 Å². The van der Waals surface area contributed by atoms with E-state index in [0.717, 1.165) is 5.06 Å². The highest BCUT2D eigenvalue weighted by Crippen LogP contribution is 2.46. The number of nitrogens with zero attached hydrogens (tertiary/aromatic N) is 1. The van der Waals surface area contributed by atoms with E-state index in [4.69, 9.17) is 33.3 Å². The molecule has 2 fully saturated rings. The zero-order valence-corrected chi connectivity index (χ0v) is 20.3. The lowest BCUT2D eigenvalue weighted by molar-refractivity contribution is -0.317. The van der Waals surface area contributed by atoms with Crippen molar-refractivity contribution < 1.29 is 52.4 Å². The number of hydrogen-bond donors (Lipinski definition) is 0. The predicted octanol–water partition coefficient (Wildman–Crippen LogP) is 1.49. The Morgan fingerprint density at radius 2 is 1.45 bits per heavy atom. The van der Waals surface area contributed by atoms with Gasteiger partial charge in [0.25, 0.3) is 0 Å². The summed E-state index contributed by atoms with van der Waals surface area (Å²) in [7, 11) is 0. The quantitative estimate of drug-likeness (QED) is 0.408. The van der Waals surface area contributed by atoms with Crippen LogP contribution >= 0.6 is 0 Å². The van der Waals surface area contributed by atoms with Crippen molar-refractivity contribution >= 4 is 24.0 Å². The first-order chi connectivity index (χ1) is 15.1. The molecule has 2 aliphatic heterocycles. The van der Waals surface area contributed by atoms with Crippen LogP contribution in [0.4, 0.5) is 4.79 Å². The summed E-state index contributed by atoms with van der Waals surface area (Å²) in [6, 6.07) is -1.03. The van der Waals surface area contributed by atoms with Gasteiger partial charge in [-0.15, -0.1) is 0 Å². The summed E-state index contributed by atoms with van der Waals surface area (Å²) in [6.07, 6.45) is -3.01. The Kier molecular flexibility index (Phi) is 7.98. The average Bonchev–Trinajstić information content (AvgIpc) is 2.92. The van der Waals surface area contributed by atoms with Gasteiger partial charge in [-0.25, -0.2) is 4.79 Å². The molecule has 12 heteroatoms. The fourth-order valence-electron chi connectivity index (χ4n) is 3.65. The van der Waals surface area contributed by atoms with Crippen LogP contribution in [0.3, 0.4) is 0 Å². The monoisotopic (exact) mass is 475 g/mol. The molecule has 2 heterocycles. The van der Waals surface area contributed by atoms with Crippen LogP contribution in [0.5, 0.6) is 0 Å². The molecule has 1 unspecified atom stereocenters. The molecule has 0 aromatic rings. The van der Waals surface area contributed by atoms with Crippen LogP contribution in [-0.2, 0) is 47.6 Å². The van der Waals surface area contributed by atoms with Gasteiger partial charge < -0.3 is 28.4 Å². The van der Waals surface area contributed by atoms with E-state index in [1.807, 2.05) is 0 Å². The summed E-state index contributed by atoms with van der Waals surface area (Å²) >= 11 is 0. The molecule has 0 saturated carbocycles. The maximum absolute atomic E-state index is 13.0. The molecule has 0 spiro atoms. The summed E-state index contributed by atoms with van der Waals surface area (Å²) in [5.74, 6) is -2.98. The summed E-state index contributed by atoms with van der Waals surface area (Å²) in [5.41, 5.74) is -2.36. The number of ether oxygens (including phenoxy) is 6. The molecule has 1 amide bonds. The lowest BCUT2D eigenvalue weighted by Crippen LogP contribution is -2.71. The van der Waals surface area contributed by atoms with Crippen LogP contribution in [0, 0.1) is 0 Å². The summed E-state index contributed by atoms with van der Waals surface area (Å²) < 4.78 is 33.3. The molecule has 0 N–H and O–H groups in total. The van der Waals surface area contributed by atoms with E-state index in [1.54, 1.807) is 34.6 Å². The Morgan fingerprint density at radius 3 is 1.97 bits per heavy atom. The maximum atomic E-state index is 13.0. The minimum atomic E-state index is -1.49. The van der Waals surface area contributed by atoms with Crippen LogP contribution in [0.25, 0.3) is 0 Å². The Hall–Kier alpha value is -2.44. The lowest BCUT2D eigenvalue weighted by Gasteiger charge is -2.49. The topological polar surface area (TPSA) is 136 Å². The standard InChI is InChI=1S/C21H33NO11/c1-12(23)27-9-15-17-21(11-29-14(3)25,33-20(7,8)30-17)16(10-28-13(2)24)32-22(15)18(26)31-19(4,5)6/h15-17H,9-11H2,1-8H3/t15-,16?,17+,21-/m0/s1. The number of esters is 3. The predicted molar refractivity (Wildman–Crippen MR) is 109 cm³/mol. The van der Waals surface area contributed by atoms with E-state index in [-0.39, 0.29) is 19.8 Å². The van der Waals surface area contributed by atoms with Crippen molar-refractivity contribution in [2.24, 2.45) is 0 Å². The van der Waals surface area contributed by atoms with E-state index in [2.05, 4.69) is 0 Å². The second kappa shape index (κ2) is 9.82. The van der Waals surface area contributed by atoms with Crippen molar-refractivity contribution in [3.63, 3.8) is 0 Å². The highest BCUT2D eigenvalue weighted by Gasteiger charge is 2.67. The molecule has 2 saturated heterocycles. The lowest BCUT2D eigenvalue weighted by atomic mass is 9.85. The molecule has 0 bridgehead atoms. The average molecular weight is 475 g/mol. The minimum absolute atomic E-state index is 0.319. The molecule has 0 aromatic heterocycles. The number of hydroxylamine groups is 2. The van der Waals surface area contributed by atoms with Crippen molar-refractivity contribution in [1.82, 2.24) is 5.06 Å². The van der Waals surface area contributed by atoms with Gasteiger partial charge in [0.2, 0.25) is 0 Å². The van der Waals surface area contributed by atoms with E-state index >= 15 is 0 Å². The normalized spacial score (nSPS) is 28.5. The molecule has 4 atom stereocenters. The zero-order valence-electron chi connectivity index (χ0n) is 20.3. The SMILES string of the molecule is CC(=O)OCC1ON(C(=O)OC(C)(C)C)[C@@H](COC(C)=O)[C@H]2OC(C)(C)O[C@@]12COC(C)=O. The van der Waals surface area contributed by atoms with Gasteiger partial charge in [0.15, 0.2) is 17.5 Å². The summed E-state index contributed by atoms with van der Waals surface area (Å²) in [6.45, 7) is 10.9. The minimum Gasteiger partial charge on any atom is -0.463 e. The first kappa shape index (κ1) is 26.8. The third kappa shape index (κ3) is 6.78. The number of carbonyl (C=O) groups is 4. The zero-order chi connectivity index (χ0) is 25.2. The van der Waals surface area contributed by atoms with Gasteiger partial charge in [0.05, 0.1) is 0 Å². The molecular weight excluding hydrogens is 442 g/mol. The van der Waals surface area contributed by atoms with Crippen molar-refractivity contribution in [2.75, 3.05) is 19.8 Å². The molecule has 33 heavy (non-hydrogen) atoms. The third-order valence-electron chi connectivity index (χ3n) is 4.73.